The summed E-state index contributed by atoms with van der Waals surface area (Å²) in [7, 11) is 0. The highest BCUT2D eigenvalue weighted by Crippen LogP contribution is 2.46. The number of aliphatic hydroxyl groups excluding tert-OH is 1. The first-order valence-corrected chi connectivity index (χ1v) is 12.9. The molecule has 1 aliphatic rings. The van der Waals surface area contributed by atoms with E-state index in [2.05, 4.69) is 15.3 Å². The number of alkyl halides is 1. The molecule has 1 aliphatic heterocycles. The van der Waals surface area contributed by atoms with E-state index < -0.39 is 29.7 Å². The molecule has 2 aromatic carbocycles. The van der Waals surface area contributed by atoms with Crippen LogP contribution in [0.5, 0.6) is 0 Å². The smallest absolute Gasteiger partial charge is 0.259 e. The summed E-state index contributed by atoms with van der Waals surface area (Å²) in [6, 6.07) is 20.0. The van der Waals surface area contributed by atoms with Crippen molar-refractivity contribution in [3.8, 4) is 11.3 Å². The fourth-order valence-electron chi connectivity index (χ4n) is 4.81. The number of carbonyl (C=O) groups excluding carboxylic acids is 2. The number of anilines is 2. The number of aliphatic hydroxyl groups is 2. The summed E-state index contributed by atoms with van der Waals surface area (Å²) in [5.41, 5.74) is -2.40. The SMILES string of the molecule is CC1(F)CCN(C(=O)c2ccc(NC(=O)c3cccnc3-c3ccccc3)nc2)c2ccc(Cl)cc2[C@@]1(O)CO. The van der Waals surface area contributed by atoms with Crippen LogP contribution in [0.4, 0.5) is 15.9 Å². The summed E-state index contributed by atoms with van der Waals surface area (Å²) in [5.74, 6) is -0.689. The van der Waals surface area contributed by atoms with Crippen LogP contribution in [0, 0.1) is 0 Å². The first-order valence-electron chi connectivity index (χ1n) is 12.6. The van der Waals surface area contributed by atoms with Crippen molar-refractivity contribution in [1.82, 2.24) is 9.97 Å². The van der Waals surface area contributed by atoms with Gasteiger partial charge in [-0.3, -0.25) is 14.6 Å². The molecule has 8 nitrogen and oxygen atoms in total. The number of amides is 2. The minimum absolute atomic E-state index is 0.0147. The summed E-state index contributed by atoms with van der Waals surface area (Å²) in [5, 5.41) is 24.1. The zero-order chi connectivity index (χ0) is 28.5. The average Bonchev–Trinajstić information content (AvgIpc) is 3.05. The first kappa shape index (κ1) is 27.4. The molecule has 5 rings (SSSR count). The Hall–Kier alpha value is -4.18. The molecule has 0 bridgehead atoms. The van der Waals surface area contributed by atoms with Crippen molar-refractivity contribution in [3.63, 3.8) is 0 Å². The minimum atomic E-state index is -2.26. The van der Waals surface area contributed by atoms with E-state index in [4.69, 9.17) is 11.6 Å². The van der Waals surface area contributed by atoms with Crippen LogP contribution in [0.3, 0.4) is 0 Å². The lowest BCUT2D eigenvalue weighted by molar-refractivity contribution is -0.130. The molecular weight excluding hydrogens is 535 g/mol. The highest BCUT2D eigenvalue weighted by Gasteiger charge is 2.52. The third kappa shape index (κ3) is 4.95. The van der Waals surface area contributed by atoms with Crippen molar-refractivity contribution in [2.45, 2.75) is 24.6 Å². The third-order valence-corrected chi connectivity index (χ3v) is 7.42. The molecule has 40 heavy (non-hydrogen) atoms. The molecule has 2 amide bonds. The van der Waals surface area contributed by atoms with Crippen LogP contribution in [-0.2, 0) is 5.60 Å². The number of benzene rings is 2. The Morgan fingerprint density at radius 3 is 2.55 bits per heavy atom. The molecule has 204 valence electrons. The summed E-state index contributed by atoms with van der Waals surface area (Å²) >= 11 is 6.13. The highest BCUT2D eigenvalue weighted by atomic mass is 35.5. The molecule has 3 heterocycles. The molecule has 4 aromatic rings. The topological polar surface area (TPSA) is 116 Å². The number of halogens is 2. The summed E-state index contributed by atoms with van der Waals surface area (Å²) in [6.45, 7) is 0.227. The molecule has 2 atom stereocenters. The molecule has 0 aliphatic carbocycles. The van der Waals surface area contributed by atoms with Gasteiger partial charge in [0.1, 0.15) is 17.1 Å². The second-order valence-electron chi connectivity index (χ2n) is 9.74. The zero-order valence-electron chi connectivity index (χ0n) is 21.5. The Bertz CT molecular complexity index is 1570. The minimum Gasteiger partial charge on any atom is -0.393 e. The van der Waals surface area contributed by atoms with Gasteiger partial charge in [0.25, 0.3) is 11.8 Å². The van der Waals surface area contributed by atoms with Gasteiger partial charge in [0.05, 0.1) is 29.1 Å². The van der Waals surface area contributed by atoms with Crippen LogP contribution in [0.2, 0.25) is 5.02 Å². The van der Waals surface area contributed by atoms with Crippen molar-refractivity contribution in [2.75, 3.05) is 23.4 Å². The van der Waals surface area contributed by atoms with E-state index in [1.165, 1.54) is 48.4 Å². The Balaban J connectivity index is 1.40. The highest BCUT2D eigenvalue weighted by molar-refractivity contribution is 6.30. The van der Waals surface area contributed by atoms with E-state index in [1.54, 1.807) is 18.3 Å². The van der Waals surface area contributed by atoms with E-state index in [0.717, 1.165) is 5.56 Å². The van der Waals surface area contributed by atoms with Crippen molar-refractivity contribution >= 4 is 34.9 Å². The molecule has 3 N–H and O–H groups in total. The van der Waals surface area contributed by atoms with Gasteiger partial charge in [-0.1, -0.05) is 41.9 Å². The number of aromatic nitrogens is 2. The Morgan fingerprint density at radius 2 is 1.85 bits per heavy atom. The maximum Gasteiger partial charge on any atom is 0.259 e. The van der Waals surface area contributed by atoms with Gasteiger partial charge in [-0.25, -0.2) is 9.37 Å². The lowest BCUT2D eigenvalue weighted by Crippen LogP contribution is -2.49. The van der Waals surface area contributed by atoms with Gasteiger partial charge in [0.15, 0.2) is 0 Å². The van der Waals surface area contributed by atoms with Crippen LogP contribution in [0.15, 0.2) is 85.2 Å². The molecule has 0 spiro atoms. The van der Waals surface area contributed by atoms with E-state index in [-0.39, 0.29) is 40.6 Å². The van der Waals surface area contributed by atoms with Crippen LogP contribution in [0.1, 0.15) is 39.6 Å². The largest absolute Gasteiger partial charge is 0.393 e. The molecular formula is C30H26ClFN4O4. The standard InChI is InChI=1S/C30H26ClFN4O4/c1-29(32)13-15-36(24-11-10-21(31)16-23(24)30(29,40)18-37)28(39)20-9-12-25(34-17-20)35-27(38)22-8-5-14-33-26(22)19-6-3-2-4-7-19/h2-12,14,16-17,37,40H,13,15,18H2,1H3,(H,34,35,38)/t29?,30-/m0/s1. The van der Waals surface area contributed by atoms with Gasteiger partial charge in [0, 0.05) is 41.5 Å². The van der Waals surface area contributed by atoms with Crippen molar-refractivity contribution in [3.05, 3.63) is 107 Å². The first-order chi connectivity index (χ1) is 19.1. The Kier molecular flexibility index (Phi) is 7.37. The lowest BCUT2D eigenvalue weighted by Gasteiger charge is -2.37. The predicted octanol–water partition coefficient (Wildman–Crippen LogP) is 5.01. The van der Waals surface area contributed by atoms with E-state index in [9.17, 15) is 19.8 Å². The normalized spacial score (nSPS) is 20.4. The van der Waals surface area contributed by atoms with Crippen molar-refractivity contribution in [2.24, 2.45) is 0 Å². The number of nitrogens with one attached hydrogen (secondary N) is 1. The van der Waals surface area contributed by atoms with Gasteiger partial charge >= 0.3 is 0 Å². The van der Waals surface area contributed by atoms with E-state index in [0.29, 0.717) is 11.3 Å². The molecule has 0 saturated heterocycles. The lowest BCUT2D eigenvalue weighted by atomic mass is 9.79. The van der Waals surface area contributed by atoms with E-state index >= 15 is 4.39 Å². The van der Waals surface area contributed by atoms with Gasteiger partial charge in [0.2, 0.25) is 0 Å². The molecule has 1 unspecified atom stereocenters. The second kappa shape index (κ2) is 10.8. The third-order valence-electron chi connectivity index (χ3n) is 7.19. The zero-order valence-corrected chi connectivity index (χ0v) is 22.3. The fourth-order valence-corrected chi connectivity index (χ4v) is 4.99. The number of fused-ring (bicyclic) bond motifs is 1. The van der Waals surface area contributed by atoms with Crippen LogP contribution in [-0.4, -0.2) is 50.8 Å². The molecule has 2 aromatic heterocycles. The van der Waals surface area contributed by atoms with Crippen LogP contribution >= 0.6 is 11.6 Å². The monoisotopic (exact) mass is 560 g/mol. The maximum absolute atomic E-state index is 15.6. The number of hydrogen-bond acceptors (Lipinski definition) is 6. The predicted molar refractivity (Wildman–Crippen MR) is 150 cm³/mol. The summed E-state index contributed by atoms with van der Waals surface area (Å²) in [6.07, 6.45) is 2.69. The van der Waals surface area contributed by atoms with Gasteiger partial charge in [-0.05, 0) is 49.4 Å². The van der Waals surface area contributed by atoms with Gasteiger partial charge < -0.3 is 20.4 Å². The average molecular weight is 561 g/mol. The molecule has 0 fully saturated rings. The summed E-state index contributed by atoms with van der Waals surface area (Å²) < 4.78 is 15.6. The number of rotatable bonds is 5. The molecule has 0 saturated carbocycles. The Morgan fingerprint density at radius 1 is 1.07 bits per heavy atom. The summed E-state index contributed by atoms with van der Waals surface area (Å²) in [4.78, 5) is 36.6. The van der Waals surface area contributed by atoms with E-state index in [1.807, 2.05) is 30.3 Å². The maximum atomic E-state index is 15.6. The van der Waals surface area contributed by atoms with Crippen LogP contribution < -0.4 is 10.2 Å². The molecule has 0 radical (unpaired) electrons. The number of pyridine rings is 2. The van der Waals surface area contributed by atoms with Gasteiger partial charge in [-0.2, -0.15) is 0 Å². The molecule has 10 heteroatoms. The fraction of sp³-hybridized carbons (Fsp3) is 0.200. The number of hydrogen-bond donors (Lipinski definition) is 3. The number of nitrogens with zero attached hydrogens (tertiary/aromatic N) is 3. The van der Waals surface area contributed by atoms with Gasteiger partial charge in [-0.15, -0.1) is 0 Å². The van der Waals surface area contributed by atoms with Crippen LogP contribution in [0.25, 0.3) is 11.3 Å². The van der Waals surface area contributed by atoms with Crippen molar-refractivity contribution in [1.29, 1.82) is 0 Å². The Labute approximate surface area is 235 Å². The number of carbonyl (C=O) groups is 2. The quantitative estimate of drug-likeness (QED) is 0.316. The second-order valence-corrected chi connectivity index (χ2v) is 10.2. The van der Waals surface area contributed by atoms with Crippen molar-refractivity contribution < 1.29 is 24.2 Å².